The monoisotopic (exact) mass is 454 g/mol. The smallest absolute Gasteiger partial charge is 0.403 e. The summed E-state index contributed by atoms with van der Waals surface area (Å²) >= 11 is 0. The van der Waals surface area contributed by atoms with Crippen LogP contribution in [-0.4, -0.2) is 40.2 Å². The number of fused-ring (bicyclic) bond motifs is 2. The number of rotatable bonds is 5. The summed E-state index contributed by atoms with van der Waals surface area (Å²) in [7, 11) is -0.537. The number of halogens is 3. The molecule has 1 aromatic rings. The highest BCUT2D eigenvalue weighted by molar-refractivity contribution is 6.45. The molecule has 2 unspecified atom stereocenters. The summed E-state index contributed by atoms with van der Waals surface area (Å²) in [6, 6.07) is 5.13. The second-order valence-corrected chi connectivity index (χ2v) is 11.3. The topological polar surface area (TPSA) is 58.9 Å². The largest absolute Gasteiger partial charge is 0.462 e. The molecule has 1 saturated heterocycles. The lowest BCUT2D eigenvalue weighted by Crippen LogP contribution is -2.67. The number of aliphatic hydroxyl groups is 2. The maximum absolute atomic E-state index is 12.8. The van der Waals surface area contributed by atoms with E-state index in [2.05, 4.69) is 6.92 Å². The second-order valence-electron chi connectivity index (χ2n) is 11.3. The highest BCUT2D eigenvalue weighted by Gasteiger charge is 2.65. The first-order chi connectivity index (χ1) is 14.6. The van der Waals surface area contributed by atoms with Gasteiger partial charge in [0.05, 0.1) is 28.5 Å². The Morgan fingerprint density at radius 3 is 2.19 bits per heavy atom. The molecule has 2 bridgehead atoms. The number of hydrogen-bond acceptors (Lipinski definition) is 4. The first-order valence-corrected chi connectivity index (χ1v) is 11.5. The van der Waals surface area contributed by atoms with E-state index in [1.165, 1.54) is 12.1 Å². The van der Waals surface area contributed by atoms with Gasteiger partial charge in [0.1, 0.15) is 0 Å². The van der Waals surface area contributed by atoms with Crippen molar-refractivity contribution in [3.05, 3.63) is 35.4 Å². The van der Waals surface area contributed by atoms with E-state index in [-0.39, 0.29) is 11.3 Å². The number of aliphatic hydroxyl groups excluding tert-OH is 1. The normalized spacial score (nSPS) is 40.9. The van der Waals surface area contributed by atoms with Crippen molar-refractivity contribution in [3.8, 4) is 0 Å². The molecular formula is C24H34BF3O4. The molecule has 0 aromatic heterocycles. The summed E-state index contributed by atoms with van der Waals surface area (Å²) < 4.78 is 51.0. The summed E-state index contributed by atoms with van der Waals surface area (Å²) in [5, 5.41) is 21.1. The Balaban J connectivity index is 1.42. The fraction of sp³-hybridized carbons (Fsp3) is 0.750. The van der Waals surface area contributed by atoms with E-state index < -0.39 is 41.8 Å². The molecule has 0 radical (unpaired) electrons. The molecule has 1 heterocycles. The van der Waals surface area contributed by atoms with Gasteiger partial charge in [0.25, 0.3) is 0 Å². The minimum atomic E-state index is -4.35. The Kier molecular flexibility index (Phi) is 5.60. The van der Waals surface area contributed by atoms with Crippen LogP contribution in [0.25, 0.3) is 0 Å². The zero-order valence-corrected chi connectivity index (χ0v) is 19.5. The molecule has 3 fully saturated rings. The van der Waals surface area contributed by atoms with Crippen LogP contribution in [0.2, 0.25) is 0 Å². The lowest BCUT2D eigenvalue weighted by Gasteiger charge is -2.66. The molecule has 8 heteroatoms. The van der Waals surface area contributed by atoms with Gasteiger partial charge in [0, 0.05) is 6.32 Å². The van der Waals surface area contributed by atoms with Crippen LogP contribution in [0.3, 0.4) is 0 Å². The van der Waals surface area contributed by atoms with Crippen molar-refractivity contribution in [1.82, 2.24) is 0 Å². The van der Waals surface area contributed by atoms with Crippen LogP contribution in [0.1, 0.15) is 71.4 Å². The zero-order valence-electron chi connectivity index (χ0n) is 19.5. The quantitative estimate of drug-likeness (QED) is 0.628. The first kappa shape index (κ1) is 24.1. The Labute approximate surface area is 188 Å². The van der Waals surface area contributed by atoms with Gasteiger partial charge in [-0.3, -0.25) is 0 Å². The van der Waals surface area contributed by atoms with E-state index in [1.54, 1.807) is 6.92 Å². The predicted octanol–water partition coefficient (Wildman–Crippen LogP) is 4.80. The number of hydrogen-bond donors (Lipinski definition) is 2. The molecule has 4 nitrogen and oxygen atoms in total. The average Bonchev–Trinajstić information content (AvgIpc) is 2.89. The van der Waals surface area contributed by atoms with Crippen LogP contribution >= 0.6 is 0 Å². The molecular weight excluding hydrogens is 420 g/mol. The Morgan fingerprint density at radius 1 is 1.00 bits per heavy atom. The highest BCUT2D eigenvalue weighted by Crippen LogP contribution is 2.65. The van der Waals surface area contributed by atoms with E-state index in [0.29, 0.717) is 18.7 Å². The van der Waals surface area contributed by atoms with Gasteiger partial charge in [-0.1, -0.05) is 19.1 Å². The molecule has 178 valence electrons. The lowest BCUT2D eigenvalue weighted by atomic mass is 9.41. The van der Waals surface area contributed by atoms with Crippen molar-refractivity contribution in [2.45, 2.75) is 95.7 Å². The fourth-order valence-electron chi connectivity index (χ4n) is 6.22. The summed E-state index contributed by atoms with van der Waals surface area (Å²) in [5.74, 6) is 0.445. The zero-order chi connectivity index (χ0) is 23.7. The van der Waals surface area contributed by atoms with Gasteiger partial charge in [0.15, 0.2) is 0 Å². The molecule has 6 atom stereocenters. The van der Waals surface area contributed by atoms with Gasteiger partial charge in [0.2, 0.25) is 0 Å². The molecule has 2 N–H and O–H groups in total. The van der Waals surface area contributed by atoms with Crippen molar-refractivity contribution in [3.63, 3.8) is 0 Å². The molecule has 1 aliphatic heterocycles. The van der Waals surface area contributed by atoms with Crippen molar-refractivity contribution in [2.24, 2.45) is 17.3 Å². The molecule has 3 aliphatic rings. The third-order valence-corrected chi connectivity index (χ3v) is 9.05. The van der Waals surface area contributed by atoms with Gasteiger partial charge in [-0.15, -0.1) is 0 Å². The molecule has 32 heavy (non-hydrogen) atoms. The standard InChI is InChI=1S/C24H34BF3O4/c1-20(2)22(4,11-10-21(3)17-12-18(21)23(5,30)19(29)13-17)32-25(31-20)14-15-6-8-16(9-7-15)24(26,27)28/h6-9,17-19,29-30H,10-14H2,1-5H3/t17-,18-,19+,21?,22?,23-/m0/s1. The van der Waals surface area contributed by atoms with Gasteiger partial charge >= 0.3 is 13.3 Å². The maximum atomic E-state index is 12.8. The molecule has 2 aliphatic carbocycles. The summed E-state index contributed by atoms with van der Waals surface area (Å²) in [6.07, 6.45) is -1.51. The molecule has 2 saturated carbocycles. The Bertz CT molecular complexity index is 856. The van der Waals surface area contributed by atoms with Crippen LogP contribution in [0.15, 0.2) is 24.3 Å². The second kappa shape index (κ2) is 7.46. The van der Waals surface area contributed by atoms with Crippen LogP contribution < -0.4 is 0 Å². The maximum Gasteiger partial charge on any atom is 0.462 e. The molecule has 0 spiro atoms. The van der Waals surface area contributed by atoms with Crippen molar-refractivity contribution in [2.75, 3.05) is 0 Å². The van der Waals surface area contributed by atoms with Crippen LogP contribution in [0.5, 0.6) is 0 Å². The minimum absolute atomic E-state index is 0.0562. The van der Waals surface area contributed by atoms with Gasteiger partial charge in [-0.05, 0) is 88.3 Å². The predicted molar refractivity (Wildman–Crippen MR) is 116 cm³/mol. The summed E-state index contributed by atoms with van der Waals surface area (Å²) in [6.45, 7) is 9.96. The summed E-state index contributed by atoms with van der Waals surface area (Å²) in [5.41, 5.74) is -2.20. The van der Waals surface area contributed by atoms with Gasteiger partial charge < -0.3 is 19.5 Å². The molecule has 1 aromatic carbocycles. The Hall–Kier alpha value is -1.09. The lowest BCUT2D eigenvalue weighted by molar-refractivity contribution is -0.255. The molecule has 4 rings (SSSR count). The van der Waals surface area contributed by atoms with Gasteiger partial charge in [-0.25, -0.2) is 0 Å². The minimum Gasteiger partial charge on any atom is -0.403 e. The van der Waals surface area contributed by atoms with Crippen LogP contribution in [0, 0.1) is 17.3 Å². The number of benzene rings is 1. The fourth-order valence-corrected chi connectivity index (χ4v) is 6.22. The average molecular weight is 454 g/mol. The van der Waals surface area contributed by atoms with E-state index in [1.807, 2.05) is 20.8 Å². The van der Waals surface area contributed by atoms with Crippen molar-refractivity contribution >= 4 is 7.12 Å². The highest BCUT2D eigenvalue weighted by atomic mass is 19.4. The van der Waals surface area contributed by atoms with E-state index in [4.69, 9.17) is 9.31 Å². The van der Waals surface area contributed by atoms with Crippen molar-refractivity contribution < 1.29 is 32.7 Å². The van der Waals surface area contributed by atoms with E-state index in [0.717, 1.165) is 37.0 Å². The van der Waals surface area contributed by atoms with E-state index in [9.17, 15) is 23.4 Å². The SMILES string of the molecule is CC1(CCC2(C)OB(Cc3ccc(C(F)(F)F)cc3)OC2(C)C)[C@@H]2C[C@@H](O)[C@@](C)(O)[C@H]1C2. The van der Waals surface area contributed by atoms with Crippen molar-refractivity contribution in [1.29, 1.82) is 0 Å². The molecule has 0 amide bonds. The van der Waals surface area contributed by atoms with E-state index >= 15 is 0 Å². The summed E-state index contributed by atoms with van der Waals surface area (Å²) in [4.78, 5) is 0. The third kappa shape index (κ3) is 3.81. The van der Waals surface area contributed by atoms with Crippen LogP contribution in [0.4, 0.5) is 13.2 Å². The van der Waals surface area contributed by atoms with Gasteiger partial charge in [-0.2, -0.15) is 13.2 Å². The Morgan fingerprint density at radius 2 is 1.62 bits per heavy atom. The number of alkyl halides is 3. The third-order valence-electron chi connectivity index (χ3n) is 9.05. The van der Waals surface area contributed by atoms with Crippen LogP contribution in [-0.2, 0) is 21.8 Å². The first-order valence-electron chi connectivity index (χ1n) is 11.5.